The van der Waals surface area contributed by atoms with E-state index in [2.05, 4.69) is 10.3 Å². The van der Waals surface area contributed by atoms with Crippen molar-refractivity contribution in [3.63, 3.8) is 0 Å². The van der Waals surface area contributed by atoms with Crippen LogP contribution >= 0.6 is 0 Å². The Morgan fingerprint density at radius 1 is 1.40 bits per heavy atom. The summed E-state index contributed by atoms with van der Waals surface area (Å²) in [6.45, 7) is 2.43. The maximum Gasteiger partial charge on any atom is 0.162 e. The summed E-state index contributed by atoms with van der Waals surface area (Å²) in [5.41, 5.74) is -1.90. The Bertz CT molecular complexity index is 633. The Balaban J connectivity index is 2.33. The van der Waals surface area contributed by atoms with Crippen LogP contribution in [0.25, 0.3) is 11.3 Å². The molecule has 106 valence electrons. The van der Waals surface area contributed by atoms with Crippen molar-refractivity contribution in [1.29, 1.82) is 0 Å². The van der Waals surface area contributed by atoms with E-state index in [1.807, 2.05) is 0 Å². The van der Waals surface area contributed by atoms with Crippen LogP contribution in [0.4, 0.5) is 8.78 Å². The van der Waals surface area contributed by atoms with Crippen LogP contribution in [0.2, 0.25) is 0 Å². The lowest BCUT2D eigenvalue weighted by Crippen LogP contribution is -2.38. The van der Waals surface area contributed by atoms with Gasteiger partial charge in [-0.3, -0.25) is 4.79 Å². The molecule has 5 nitrogen and oxygen atoms in total. The molecule has 0 aliphatic heterocycles. The van der Waals surface area contributed by atoms with Crippen LogP contribution in [0.3, 0.4) is 0 Å². The van der Waals surface area contributed by atoms with Crippen LogP contribution in [0.1, 0.15) is 13.8 Å². The first-order chi connectivity index (χ1) is 9.31. The average Bonchev–Trinajstić information content (AvgIpc) is 2.76. The number of aromatic nitrogens is 3. The van der Waals surface area contributed by atoms with Crippen LogP contribution in [-0.2, 0) is 11.3 Å². The van der Waals surface area contributed by atoms with E-state index in [0.29, 0.717) is 0 Å². The second-order valence-electron chi connectivity index (χ2n) is 4.73. The molecule has 1 heterocycles. The van der Waals surface area contributed by atoms with Gasteiger partial charge in [0.25, 0.3) is 0 Å². The van der Waals surface area contributed by atoms with Gasteiger partial charge in [-0.1, -0.05) is 11.3 Å². The van der Waals surface area contributed by atoms with Crippen molar-refractivity contribution in [3.8, 4) is 11.3 Å². The van der Waals surface area contributed by atoms with Crippen molar-refractivity contribution < 1.29 is 18.7 Å². The number of carbonyl (C=O) groups excluding carboxylic acids is 1. The molecule has 1 aromatic carbocycles. The molecule has 1 aromatic heterocycles. The minimum absolute atomic E-state index is 0.0000444. The minimum atomic E-state index is -1.61. The summed E-state index contributed by atoms with van der Waals surface area (Å²) in [5.74, 6) is -1.95. The molecule has 1 atom stereocenters. The number of benzene rings is 1. The first-order valence-corrected chi connectivity index (χ1v) is 5.89. The van der Waals surface area contributed by atoms with Crippen LogP contribution < -0.4 is 0 Å². The number of hydrogen-bond acceptors (Lipinski definition) is 4. The molecule has 20 heavy (non-hydrogen) atoms. The highest BCUT2D eigenvalue weighted by molar-refractivity contribution is 5.84. The van der Waals surface area contributed by atoms with Crippen LogP contribution in [0.15, 0.2) is 24.4 Å². The Labute approximate surface area is 113 Å². The minimum Gasteiger partial charge on any atom is -0.380 e. The predicted octanol–water partition coefficient (Wildman–Crippen LogP) is 1.56. The first-order valence-electron chi connectivity index (χ1n) is 5.89. The molecule has 1 unspecified atom stereocenters. The fourth-order valence-corrected chi connectivity index (χ4v) is 1.66. The van der Waals surface area contributed by atoms with E-state index >= 15 is 0 Å². The van der Waals surface area contributed by atoms with Crippen molar-refractivity contribution in [2.45, 2.75) is 26.0 Å². The quantitative estimate of drug-likeness (QED) is 0.923. The van der Waals surface area contributed by atoms with E-state index in [-0.39, 0.29) is 17.8 Å². The largest absolute Gasteiger partial charge is 0.380 e. The Morgan fingerprint density at radius 3 is 2.55 bits per heavy atom. The zero-order valence-corrected chi connectivity index (χ0v) is 11.0. The Hall–Kier alpha value is -2.15. The molecule has 0 bridgehead atoms. The Kier molecular flexibility index (Phi) is 3.63. The molecule has 2 rings (SSSR count). The lowest BCUT2D eigenvalue weighted by Gasteiger charge is -2.18. The molecule has 0 saturated carbocycles. The number of rotatable bonds is 4. The zero-order chi connectivity index (χ0) is 14.9. The second kappa shape index (κ2) is 5.09. The first kappa shape index (κ1) is 14.3. The van der Waals surface area contributed by atoms with Crippen LogP contribution in [-0.4, -0.2) is 31.5 Å². The van der Waals surface area contributed by atoms with E-state index in [1.54, 1.807) is 0 Å². The van der Waals surface area contributed by atoms with Crippen molar-refractivity contribution in [1.82, 2.24) is 15.0 Å². The molecule has 1 N–H and O–H groups in total. The molecule has 0 aliphatic rings. The van der Waals surface area contributed by atoms with E-state index in [4.69, 9.17) is 0 Å². The van der Waals surface area contributed by atoms with Gasteiger partial charge in [-0.05, 0) is 26.0 Å². The fourth-order valence-electron chi connectivity index (χ4n) is 1.66. The van der Waals surface area contributed by atoms with Crippen LogP contribution in [0, 0.1) is 11.6 Å². The number of nitrogens with zero attached hydrogens (tertiary/aromatic N) is 3. The van der Waals surface area contributed by atoms with E-state index in [9.17, 15) is 18.7 Å². The summed E-state index contributed by atoms with van der Waals surface area (Å²) in [7, 11) is 0. The normalized spacial score (nSPS) is 14.1. The van der Waals surface area contributed by atoms with Gasteiger partial charge in [-0.25, -0.2) is 13.5 Å². The summed E-state index contributed by atoms with van der Waals surface area (Å²) in [5, 5.41) is 17.2. The highest BCUT2D eigenvalue weighted by atomic mass is 19.1. The smallest absolute Gasteiger partial charge is 0.162 e. The SMILES string of the molecule is CC(=O)C(C)(O)Cn1cc(-c2c(F)cccc2F)nn1. The van der Waals surface area contributed by atoms with Crippen molar-refractivity contribution in [3.05, 3.63) is 36.0 Å². The summed E-state index contributed by atoms with van der Waals surface area (Å²) in [6, 6.07) is 3.48. The topological polar surface area (TPSA) is 68.0 Å². The summed E-state index contributed by atoms with van der Waals surface area (Å²) >= 11 is 0. The summed E-state index contributed by atoms with van der Waals surface area (Å²) < 4.78 is 28.4. The number of ketones is 1. The van der Waals surface area contributed by atoms with Gasteiger partial charge in [0.15, 0.2) is 5.78 Å². The molecule has 0 aliphatic carbocycles. The molecular weight excluding hydrogens is 268 g/mol. The maximum atomic E-state index is 13.6. The molecule has 7 heteroatoms. The molecule has 0 radical (unpaired) electrons. The molecule has 2 aromatic rings. The van der Waals surface area contributed by atoms with E-state index in [0.717, 1.165) is 12.1 Å². The standard InChI is InChI=1S/C13H13F2N3O2/c1-8(19)13(2,20)7-18-6-11(16-17-18)12-9(14)4-3-5-10(12)15/h3-6,20H,7H2,1-2H3. The lowest BCUT2D eigenvalue weighted by molar-refractivity contribution is -0.134. The van der Waals surface area contributed by atoms with Crippen molar-refractivity contribution in [2.75, 3.05) is 0 Å². The van der Waals surface area contributed by atoms with Gasteiger partial charge in [0, 0.05) is 0 Å². The van der Waals surface area contributed by atoms with Gasteiger partial charge in [0.05, 0.1) is 18.3 Å². The highest BCUT2D eigenvalue weighted by Gasteiger charge is 2.27. The number of Topliss-reactive ketones (excluding diaryl/α,β-unsaturated/α-hetero) is 1. The summed E-state index contributed by atoms with van der Waals surface area (Å²) in [4.78, 5) is 11.2. The van der Waals surface area contributed by atoms with E-state index in [1.165, 1.54) is 30.8 Å². The molecule has 0 spiro atoms. The number of aliphatic hydroxyl groups is 1. The van der Waals surface area contributed by atoms with Crippen LogP contribution in [0.5, 0.6) is 0 Å². The average molecular weight is 281 g/mol. The van der Waals surface area contributed by atoms with Gasteiger partial charge < -0.3 is 5.11 Å². The third-order valence-corrected chi connectivity index (χ3v) is 2.99. The van der Waals surface area contributed by atoms with E-state index < -0.39 is 23.0 Å². The van der Waals surface area contributed by atoms with Crippen molar-refractivity contribution in [2.24, 2.45) is 0 Å². The third-order valence-electron chi connectivity index (χ3n) is 2.99. The second-order valence-corrected chi connectivity index (χ2v) is 4.73. The van der Waals surface area contributed by atoms with Gasteiger partial charge >= 0.3 is 0 Å². The third kappa shape index (κ3) is 2.72. The zero-order valence-electron chi connectivity index (χ0n) is 11.0. The number of hydrogen-bond donors (Lipinski definition) is 1. The molecule has 0 saturated heterocycles. The lowest BCUT2D eigenvalue weighted by atomic mass is 10.0. The van der Waals surface area contributed by atoms with Crippen molar-refractivity contribution >= 4 is 5.78 Å². The number of carbonyl (C=O) groups is 1. The molecule has 0 amide bonds. The van der Waals surface area contributed by atoms with Gasteiger partial charge in [0.2, 0.25) is 0 Å². The van der Waals surface area contributed by atoms with Gasteiger partial charge in [-0.2, -0.15) is 0 Å². The van der Waals surface area contributed by atoms with Gasteiger partial charge in [0.1, 0.15) is 22.9 Å². The Morgan fingerprint density at radius 2 is 2.00 bits per heavy atom. The fraction of sp³-hybridized carbons (Fsp3) is 0.308. The maximum absolute atomic E-state index is 13.6. The molecular formula is C13H13F2N3O2. The monoisotopic (exact) mass is 281 g/mol. The summed E-state index contributed by atoms with van der Waals surface area (Å²) in [6.07, 6.45) is 1.28. The predicted molar refractivity (Wildman–Crippen MR) is 66.7 cm³/mol. The molecule has 0 fully saturated rings. The highest BCUT2D eigenvalue weighted by Crippen LogP contribution is 2.23. The number of halogens is 2. The van der Waals surface area contributed by atoms with Gasteiger partial charge in [-0.15, -0.1) is 5.10 Å².